The lowest BCUT2D eigenvalue weighted by molar-refractivity contribution is 0.415. The lowest BCUT2D eigenvalue weighted by Crippen LogP contribution is -1.91. The molecular formula is C17H14BrN3OS. The molecule has 0 saturated heterocycles. The summed E-state index contributed by atoms with van der Waals surface area (Å²) in [5, 5.41) is 6.98. The Hall–Kier alpha value is -2.18. The van der Waals surface area contributed by atoms with Crippen LogP contribution in [0, 0.1) is 0 Å². The van der Waals surface area contributed by atoms with Gasteiger partial charge in [-0.1, -0.05) is 40.2 Å². The van der Waals surface area contributed by atoms with E-state index in [4.69, 9.17) is 4.74 Å². The van der Waals surface area contributed by atoms with E-state index < -0.39 is 0 Å². The van der Waals surface area contributed by atoms with E-state index in [1.54, 1.807) is 13.3 Å². The molecule has 0 radical (unpaired) electrons. The predicted octanol–water partition coefficient (Wildman–Crippen LogP) is 5.03. The molecule has 4 nitrogen and oxygen atoms in total. The Morgan fingerprint density at radius 3 is 2.83 bits per heavy atom. The van der Waals surface area contributed by atoms with Crippen LogP contribution in [0.2, 0.25) is 0 Å². The molecule has 6 heteroatoms. The van der Waals surface area contributed by atoms with Gasteiger partial charge in [-0.05, 0) is 29.8 Å². The van der Waals surface area contributed by atoms with E-state index in [9.17, 15) is 0 Å². The minimum absolute atomic E-state index is 0.752. The molecule has 116 valence electrons. The van der Waals surface area contributed by atoms with Gasteiger partial charge in [0.05, 0.1) is 19.0 Å². The van der Waals surface area contributed by atoms with E-state index in [0.29, 0.717) is 0 Å². The average Bonchev–Trinajstić information content (AvgIpc) is 3.04. The summed E-state index contributed by atoms with van der Waals surface area (Å²) in [6, 6.07) is 15.8. The van der Waals surface area contributed by atoms with Crippen molar-refractivity contribution in [3.05, 3.63) is 63.9 Å². The Labute approximate surface area is 147 Å². The van der Waals surface area contributed by atoms with Crippen molar-refractivity contribution in [2.75, 3.05) is 12.5 Å². The van der Waals surface area contributed by atoms with Crippen LogP contribution in [0.1, 0.15) is 5.56 Å². The summed E-state index contributed by atoms with van der Waals surface area (Å²) in [7, 11) is 1.65. The molecule has 2 aromatic carbocycles. The van der Waals surface area contributed by atoms with Crippen molar-refractivity contribution >= 4 is 38.6 Å². The molecule has 0 aliphatic heterocycles. The summed E-state index contributed by atoms with van der Waals surface area (Å²) < 4.78 is 6.24. The third kappa shape index (κ3) is 4.18. The molecule has 1 N–H and O–H groups in total. The van der Waals surface area contributed by atoms with Crippen LogP contribution in [-0.2, 0) is 0 Å². The number of nitrogens with zero attached hydrogens (tertiary/aromatic N) is 2. The molecule has 0 bridgehead atoms. The van der Waals surface area contributed by atoms with Gasteiger partial charge in [-0.2, -0.15) is 5.10 Å². The van der Waals surface area contributed by atoms with E-state index >= 15 is 0 Å². The number of hydrogen-bond acceptors (Lipinski definition) is 5. The summed E-state index contributed by atoms with van der Waals surface area (Å²) in [6.07, 6.45) is 1.74. The molecule has 3 rings (SSSR count). The number of benzene rings is 2. The Balaban J connectivity index is 1.67. The fourth-order valence-electron chi connectivity index (χ4n) is 1.96. The van der Waals surface area contributed by atoms with Gasteiger partial charge >= 0.3 is 0 Å². The molecule has 0 saturated carbocycles. The van der Waals surface area contributed by atoms with Crippen molar-refractivity contribution < 1.29 is 4.74 Å². The molecular weight excluding hydrogens is 374 g/mol. The number of thiazole rings is 1. The zero-order valence-corrected chi connectivity index (χ0v) is 14.8. The average molecular weight is 388 g/mol. The molecule has 1 heterocycles. The van der Waals surface area contributed by atoms with Crippen LogP contribution in [0.25, 0.3) is 11.3 Å². The lowest BCUT2D eigenvalue weighted by Gasteiger charge is -1.99. The first-order valence-electron chi connectivity index (χ1n) is 6.89. The van der Waals surface area contributed by atoms with Crippen LogP contribution in [0.3, 0.4) is 0 Å². The number of hydrazone groups is 1. The van der Waals surface area contributed by atoms with Crippen LogP contribution in [0.4, 0.5) is 5.13 Å². The fourth-order valence-corrected chi connectivity index (χ4v) is 2.90. The Morgan fingerprint density at radius 1 is 1.22 bits per heavy atom. The highest BCUT2D eigenvalue weighted by molar-refractivity contribution is 9.10. The quantitative estimate of drug-likeness (QED) is 0.493. The van der Waals surface area contributed by atoms with E-state index in [-0.39, 0.29) is 0 Å². The highest BCUT2D eigenvalue weighted by atomic mass is 79.9. The SMILES string of the molecule is COc1cccc(C=NNc2nc(-c3ccc(Br)cc3)cs2)c1. The third-order valence-corrected chi connectivity index (χ3v) is 4.39. The van der Waals surface area contributed by atoms with Gasteiger partial charge in [-0.25, -0.2) is 4.98 Å². The number of nitrogens with one attached hydrogen (secondary N) is 1. The number of halogens is 1. The van der Waals surface area contributed by atoms with Crippen LogP contribution >= 0.6 is 27.3 Å². The standard InChI is InChI=1S/C17H14BrN3OS/c1-22-15-4-2-3-12(9-15)10-19-21-17-20-16(11-23-17)13-5-7-14(18)8-6-13/h2-11H,1H3,(H,20,21). The Morgan fingerprint density at radius 2 is 2.04 bits per heavy atom. The van der Waals surface area contributed by atoms with E-state index in [1.807, 2.05) is 53.9 Å². The molecule has 0 aliphatic rings. The highest BCUT2D eigenvalue weighted by Crippen LogP contribution is 2.26. The molecule has 0 atom stereocenters. The maximum absolute atomic E-state index is 5.18. The van der Waals surface area contributed by atoms with Crippen molar-refractivity contribution in [3.8, 4) is 17.0 Å². The number of rotatable bonds is 5. The van der Waals surface area contributed by atoms with Crippen molar-refractivity contribution in [1.29, 1.82) is 0 Å². The van der Waals surface area contributed by atoms with Gasteiger partial charge in [-0.15, -0.1) is 11.3 Å². The van der Waals surface area contributed by atoms with Crippen molar-refractivity contribution in [3.63, 3.8) is 0 Å². The second-order valence-corrected chi connectivity index (χ2v) is 6.47. The maximum Gasteiger partial charge on any atom is 0.203 e. The Bertz CT molecular complexity index is 815. The maximum atomic E-state index is 5.18. The summed E-state index contributed by atoms with van der Waals surface area (Å²) >= 11 is 4.95. The minimum Gasteiger partial charge on any atom is -0.497 e. The van der Waals surface area contributed by atoms with E-state index in [2.05, 4.69) is 31.4 Å². The number of hydrogen-bond donors (Lipinski definition) is 1. The number of aromatic nitrogens is 1. The number of anilines is 1. The topological polar surface area (TPSA) is 46.5 Å². The molecule has 0 spiro atoms. The van der Waals surface area contributed by atoms with Gasteiger partial charge in [0, 0.05) is 15.4 Å². The first-order valence-corrected chi connectivity index (χ1v) is 8.56. The summed E-state index contributed by atoms with van der Waals surface area (Å²) in [5.74, 6) is 0.806. The van der Waals surface area contributed by atoms with Gasteiger partial charge in [0.1, 0.15) is 5.75 Å². The van der Waals surface area contributed by atoms with Crippen molar-refractivity contribution in [2.45, 2.75) is 0 Å². The zero-order valence-electron chi connectivity index (χ0n) is 12.4. The number of ether oxygens (including phenoxy) is 1. The largest absolute Gasteiger partial charge is 0.497 e. The molecule has 0 amide bonds. The lowest BCUT2D eigenvalue weighted by atomic mass is 10.2. The summed E-state index contributed by atoms with van der Waals surface area (Å²) in [5.41, 5.74) is 5.93. The fraction of sp³-hybridized carbons (Fsp3) is 0.0588. The zero-order chi connectivity index (χ0) is 16.1. The molecule has 0 fully saturated rings. The van der Waals surface area contributed by atoms with Gasteiger partial charge in [0.15, 0.2) is 0 Å². The molecule has 0 unspecified atom stereocenters. The van der Waals surface area contributed by atoms with Crippen molar-refractivity contribution in [2.24, 2.45) is 5.10 Å². The molecule has 0 aliphatic carbocycles. The van der Waals surface area contributed by atoms with Crippen LogP contribution in [-0.4, -0.2) is 18.3 Å². The summed E-state index contributed by atoms with van der Waals surface area (Å²) in [6.45, 7) is 0. The van der Waals surface area contributed by atoms with Crippen LogP contribution < -0.4 is 10.2 Å². The predicted molar refractivity (Wildman–Crippen MR) is 99.5 cm³/mol. The minimum atomic E-state index is 0.752. The Kier molecular flexibility index (Phi) is 5.05. The van der Waals surface area contributed by atoms with E-state index in [0.717, 1.165) is 32.2 Å². The van der Waals surface area contributed by atoms with Gasteiger partial charge in [0.25, 0.3) is 0 Å². The van der Waals surface area contributed by atoms with Gasteiger partial charge in [-0.3, -0.25) is 5.43 Å². The van der Waals surface area contributed by atoms with Crippen molar-refractivity contribution in [1.82, 2.24) is 4.98 Å². The monoisotopic (exact) mass is 387 g/mol. The van der Waals surface area contributed by atoms with E-state index in [1.165, 1.54) is 11.3 Å². The van der Waals surface area contributed by atoms with Gasteiger partial charge in [0.2, 0.25) is 5.13 Å². The second kappa shape index (κ2) is 7.39. The smallest absolute Gasteiger partial charge is 0.203 e. The second-order valence-electron chi connectivity index (χ2n) is 4.69. The normalized spacial score (nSPS) is 10.9. The third-order valence-electron chi connectivity index (χ3n) is 3.11. The highest BCUT2D eigenvalue weighted by Gasteiger charge is 2.03. The number of methoxy groups -OCH3 is 1. The molecule has 1 aromatic heterocycles. The first kappa shape index (κ1) is 15.7. The molecule has 23 heavy (non-hydrogen) atoms. The summed E-state index contributed by atoms with van der Waals surface area (Å²) in [4.78, 5) is 4.53. The van der Waals surface area contributed by atoms with Gasteiger partial charge < -0.3 is 4.74 Å². The van der Waals surface area contributed by atoms with Crippen LogP contribution in [0.5, 0.6) is 5.75 Å². The van der Waals surface area contributed by atoms with Crippen LogP contribution in [0.15, 0.2) is 63.5 Å². The first-order chi connectivity index (χ1) is 11.2. The molecule has 3 aromatic rings.